The van der Waals surface area contributed by atoms with Gasteiger partial charge in [-0.2, -0.15) is 0 Å². The summed E-state index contributed by atoms with van der Waals surface area (Å²) in [6.45, 7) is 12.7. The summed E-state index contributed by atoms with van der Waals surface area (Å²) in [7, 11) is 0. The summed E-state index contributed by atoms with van der Waals surface area (Å²) >= 11 is 0. The number of rotatable bonds is 3. The lowest BCUT2D eigenvalue weighted by atomic mass is 9.95. The minimum atomic E-state index is 1.18. The summed E-state index contributed by atoms with van der Waals surface area (Å²) in [5, 5.41) is 0. The van der Waals surface area contributed by atoms with Gasteiger partial charge in [0.15, 0.2) is 0 Å². The van der Waals surface area contributed by atoms with Crippen LogP contribution in [-0.2, 0) is 0 Å². The van der Waals surface area contributed by atoms with Gasteiger partial charge in [-0.3, -0.25) is 0 Å². The molecule has 0 N–H and O–H groups in total. The van der Waals surface area contributed by atoms with Crippen molar-refractivity contribution in [3.63, 3.8) is 0 Å². The van der Waals surface area contributed by atoms with Gasteiger partial charge in [-0.15, -0.1) is 0 Å². The second kappa shape index (κ2) is 8.15. The first kappa shape index (κ1) is 15.0. The Morgan fingerprint density at radius 1 is 1.19 bits per heavy atom. The molecule has 90 valence electrons. The van der Waals surface area contributed by atoms with Crippen molar-refractivity contribution in [1.82, 2.24) is 0 Å². The van der Waals surface area contributed by atoms with E-state index in [4.69, 9.17) is 0 Å². The molecule has 0 saturated heterocycles. The van der Waals surface area contributed by atoms with Crippen LogP contribution in [0.5, 0.6) is 0 Å². The topological polar surface area (TPSA) is 0 Å². The van der Waals surface area contributed by atoms with Crippen molar-refractivity contribution < 1.29 is 0 Å². The molecule has 1 rings (SSSR count). The maximum Gasteiger partial charge on any atom is -0.0196 e. The molecule has 0 unspecified atom stereocenters. The van der Waals surface area contributed by atoms with Gasteiger partial charge in [0.05, 0.1) is 0 Å². The summed E-state index contributed by atoms with van der Waals surface area (Å²) in [4.78, 5) is 0. The van der Waals surface area contributed by atoms with Crippen molar-refractivity contribution in [2.24, 2.45) is 0 Å². The highest BCUT2D eigenvalue weighted by atomic mass is 14.1. The number of hydrogen-bond donors (Lipinski definition) is 0. The Bertz CT molecular complexity index is 332. The Kier molecular flexibility index (Phi) is 7.62. The minimum absolute atomic E-state index is 1.18. The number of aryl methyl sites for hydroxylation is 2. The standard InChI is InChI=1S/C14H20.C2H6/c1-5-7-13(6-2)14-10-11(3)8-9-12(14)4;1-2/h6,8-10H,5,7H2,1-4H3;1-2H3/b13-6-;. The Morgan fingerprint density at radius 3 is 2.31 bits per heavy atom. The van der Waals surface area contributed by atoms with E-state index in [2.05, 4.69) is 52.0 Å². The molecule has 0 amide bonds. The molecule has 0 aliphatic carbocycles. The quantitative estimate of drug-likeness (QED) is 0.625. The largest absolute Gasteiger partial charge is 0.0838 e. The predicted molar refractivity (Wildman–Crippen MR) is 75.8 cm³/mol. The predicted octanol–water partition coefficient (Wildman–Crippen LogP) is 5.53. The third kappa shape index (κ3) is 4.22. The molecule has 0 radical (unpaired) electrons. The second-order valence-corrected chi connectivity index (χ2v) is 3.88. The summed E-state index contributed by atoms with van der Waals surface area (Å²) in [5.41, 5.74) is 5.64. The van der Waals surface area contributed by atoms with Crippen molar-refractivity contribution in [3.05, 3.63) is 41.0 Å². The third-order valence-electron chi connectivity index (χ3n) is 2.61. The van der Waals surface area contributed by atoms with E-state index in [0.717, 1.165) is 0 Å². The Morgan fingerprint density at radius 2 is 1.81 bits per heavy atom. The van der Waals surface area contributed by atoms with Crippen molar-refractivity contribution in [2.45, 2.75) is 54.4 Å². The fraction of sp³-hybridized carbons (Fsp3) is 0.500. The maximum atomic E-state index is 2.29. The van der Waals surface area contributed by atoms with Crippen LogP contribution in [0.15, 0.2) is 24.3 Å². The van der Waals surface area contributed by atoms with E-state index in [1.54, 1.807) is 0 Å². The van der Waals surface area contributed by atoms with Crippen molar-refractivity contribution in [1.29, 1.82) is 0 Å². The molecule has 0 saturated carbocycles. The summed E-state index contributed by atoms with van der Waals surface area (Å²) in [6.07, 6.45) is 4.64. The van der Waals surface area contributed by atoms with Crippen LogP contribution in [0.2, 0.25) is 0 Å². The molecule has 1 aromatic rings. The first-order valence-electron chi connectivity index (χ1n) is 6.41. The molecule has 0 atom stereocenters. The van der Waals surface area contributed by atoms with Crippen LogP contribution in [0.1, 0.15) is 57.2 Å². The van der Waals surface area contributed by atoms with Gasteiger partial charge in [0.25, 0.3) is 0 Å². The lowest BCUT2D eigenvalue weighted by Gasteiger charge is -2.10. The number of hydrogen-bond acceptors (Lipinski definition) is 0. The van der Waals surface area contributed by atoms with Crippen molar-refractivity contribution in [3.8, 4) is 0 Å². The van der Waals surface area contributed by atoms with E-state index in [-0.39, 0.29) is 0 Å². The second-order valence-electron chi connectivity index (χ2n) is 3.88. The Hall–Kier alpha value is -1.04. The molecule has 0 fully saturated rings. The monoisotopic (exact) mass is 218 g/mol. The zero-order chi connectivity index (χ0) is 12.6. The van der Waals surface area contributed by atoms with Crippen molar-refractivity contribution >= 4 is 5.57 Å². The van der Waals surface area contributed by atoms with Crippen LogP contribution in [0.4, 0.5) is 0 Å². The average molecular weight is 218 g/mol. The molecule has 0 aromatic heterocycles. The Balaban J connectivity index is 0.00000106. The zero-order valence-electron chi connectivity index (χ0n) is 11.7. The lowest BCUT2D eigenvalue weighted by molar-refractivity contribution is 0.970. The molecule has 0 nitrogen and oxygen atoms in total. The van der Waals surface area contributed by atoms with Gasteiger partial charge in [-0.1, -0.05) is 57.0 Å². The summed E-state index contributed by atoms with van der Waals surface area (Å²) < 4.78 is 0. The first-order chi connectivity index (χ1) is 7.69. The van der Waals surface area contributed by atoms with Crippen LogP contribution in [-0.4, -0.2) is 0 Å². The number of allylic oxidation sites excluding steroid dienone is 2. The van der Waals surface area contributed by atoms with Gasteiger partial charge >= 0.3 is 0 Å². The van der Waals surface area contributed by atoms with Crippen LogP contribution >= 0.6 is 0 Å². The van der Waals surface area contributed by atoms with Gasteiger partial charge in [-0.25, -0.2) is 0 Å². The van der Waals surface area contributed by atoms with E-state index < -0.39 is 0 Å². The van der Waals surface area contributed by atoms with Crippen LogP contribution in [0.25, 0.3) is 5.57 Å². The smallest absolute Gasteiger partial charge is 0.0196 e. The van der Waals surface area contributed by atoms with E-state index in [1.807, 2.05) is 13.8 Å². The fourth-order valence-corrected chi connectivity index (χ4v) is 1.79. The normalized spacial score (nSPS) is 10.8. The summed E-state index contributed by atoms with van der Waals surface area (Å²) in [6, 6.07) is 6.68. The highest BCUT2D eigenvalue weighted by Crippen LogP contribution is 2.24. The van der Waals surface area contributed by atoms with E-state index in [0.29, 0.717) is 0 Å². The molecule has 0 heteroatoms. The van der Waals surface area contributed by atoms with E-state index in [9.17, 15) is 0 Å². The highest BCUT2D eigenvalue weighted by molar-refractivity contribution is 5.68. The van der Waals surface area contributed by atoms with Crippen LogP contribution in [0.3, 0.4) is 0 Å². The maximum absolute atomic E-state index is 2.29. The van der Waals surface area contributed by atoms with Crippen LogP contribution in [0, 0.1) is 13.8 Å². The minimum Gasteiger partial charge on any atom is -0.0838 e. The van der Waals surface area contributed by atoms with E-state index in [1.165, 1.54) is 35.1 Å². The van der Waals surface area contributed by atoms with Gasteiger partial charge in [0, 0.05) is 0 Å². The molecule has 0 heterocycles. The first-order valence-corrected chi connectivity index (χ1v) is 6.41. The van der Waals surface area contributed by atoms with E-state index >= 15 is 0 Å². The average Bonchev–Trinajstić information content (AvgIpc) is 2.32. The molecule has 0 aliphatic heterocycles. The molecule has 1 aromatic carbocycles. The molecule has 0 aliphatic rings. The van der Waals surface area contributed by atoms with Crippen molar-refractivity contribution in [2.75, 3.05) is 0 Å². The fourth-order valence-electron chi connectivity index (χ4n) is 1.79. The molecular formula is C16H26. The third-order valence-corrected chi connectivity index (χ3v) is 2.61. The molecule has 0 spiro atoms. The zero-order valence-corrected chi connectivity index (χ0v) is 11.7. The Labute approximate surface area is 101 Å². The summed E-state index contributed by atoms with van der Waals surface area (Å²) in [5.74, 6) is 0. The molecule has 0 bridgehead atoms. The highest BCUT2D eigenvalue weighted by Gasteiger charge is 2.03. The van der Waals surface area contributed by atoms with Gasteiger partial charge in [0.1, 0.15) is 0 Å². The lowest BCUT2D eigenvalue weighted by Crippen LogP contribution is -1.90. The molecule has 16 heavy (non-hydrogen) atoms. The van der Waals surface area contributed by atoms with Gasteiger partial charge in [0.2, 0.25) is 0 Å². The van der Waals surface area contributed by atoms with Crippen LogP contribution < -0.4 is 0 Å². The van der Waals surface area contributed by atoms with Gasteiger partial charge < -0.3 is 0 Å². The number of benzene rings is 1. The molecular weight excluding hydrogens is 192 g/mol. The SMILES string of the molecule is C/C=C(/CCC)c1cc(C)ccc1C.CC. The van der Waals surface area contributed by atoms with Gasteiger partial charge in [-0.05, 0) is 43.9 Å².